The van der Waals surface area contributed by atoms with E-state index < -0.39 is 5.97 Å². The molecule has 0 amide bonds. The fourth-order valence-electron chi connectivity index (χ4n) is 2.57. The molecule has 1 aromatic carbocycles. The van der Waals surface area contributed by atoms with Crippen molar-refractivity contribution in [2.24, 2.45) is 0 Å². The van der Waals surface area contributed by atoms with Crippen molar-refractivity contribution < 1.29 is 23.7 Å². The first-order valence-electron chi connectivity index (χ1n) is 9.62. The van der Waals surface area contributed by atoms with Gasteiger partial charge in [0.25, 0.3) is 0 Å². The maximum absolute atomic E-state index is 11.9. The molecule has 0 saturated carbocycles. The molecule has 9 nitrogen and oxygen atoms in total. The molecule has 1 N–H and O–H groups in total. The topological polar surface area (TPSA) is 105 Å². The minimum atomic E-state index is -0.401. The average molecular weight is 424 g/mol. The SMILES string of the molecule is COc1cc(OC)nc(Oc2ccccc2CNc2ccc(C(=O)OC(C)C)cn2)n1. The largest absolute Gasteiger partial charge is 0.481 e. The lowest BCUT2D eigenvalue weighted by Crippen LogP contribution is -2.12. The van der Waals surface area contributed by atoms with Gasteiger partial charge in [0.05, 0.1) is 32.0 Å². The van der Waals surface area contributed by atoms with Gasteiger partial charge in [0.2, 0.25) is 11.8 Å². The minimum Gasteiger partial charge on any atom is -0.481 e. The molecule has 0 unspecified atom stereocenters. The average Bonchev–Trinajstić information content (AvgIpc) is 2.78. The summed E-state index contributed by atoms with van der Waals surface area (Å²) in [6, 6.07) is 12.5. The van der Waals surface area contributed by atoms with Gasteiger partial charge in [-0.15, -0.1) is 0 Å². The molecule has 31 heavy (non-hydrogen) atoms. The van der Waals surface area contributed by atoms with Crippen LogP contribution in [0, 0.1) is 0 Å². The van der Waals surface area contributed by atoms with Crippen molar-refractivity contribution >= 4 is 11.8 Å². The highest BCUT2D eigenvalue weighted by molar-refractivity contribution is 5.89. The molecule has 3 aromatic rings. The number of nitrogens with one attached hydrogen (secondary N) is 1. The van der Waals surface area contributed by atoms with Crippen LogP contribution in [-0.2, 0) is 11.3 Å². The molecule has 0 saturated heterocycles. The van der Waals surface area contributed by atoms with Crippen molar-refractivity contribution in [3.63, 3.8) is 0 Å². The summed E-state index contributed by atoms with van der Waals surface area (Å²) in [6.07, 6.45) is 1.29. The van der Waals surface area contributed by atoms with Gasteiger partial charge in [-0.2, -0.15) is 9.97 Å². The monoisotopic (exact) mass is 424 g/mol. The number of para-hydroxylation sites is 1. The summed E-state index contributed by atoms with van der Waals surface area (Å²) in [5, 5.41) is 3.21. The van der Waals surface area contributed by atoms with Gasteiger partial charge >= 0.3 is 12.0 Å². The zero-order valence-corrected chi connectivity index (χ0v) is 17.8. The van der Waals surface area contributed by atoms with Gasteiger partial charge in [-0.05, 0) is 32.0 Å². The third-order valence-electron chi connectivity index (χ3n) is 4.05. The van der Waals surface area contributed by atoms with Crippen LogP contribution in [0.3, 0.4) is 0 Å². The summed E-state index contributed by atoms with van der Waals surface area (Å²) in [7, 11) is 3.01. The first kappa shape index (κ1) is 21.8. The molecule has 0 bridgehead atoms. The lowest BCUT2D eigenvalue weighted by molar-refractivity contribution is 0.0377. The molecular formula is C22H24N4O5. The van der Waals surface area contributed by atoms with Crippen molar-refractivity contribution in [2.45, 2.75) is 26.5 Å². The van der Waals surface area contributed by atoms with E-state index in [-0.39, 0.29) is 12.1 Å². The second-order valence-electron chi connectivity index (χ2n) is 6.68. The van der Waals surface area contributed by atoms with E-state index in [9.17, 15) is 4.79 Å². The summed E-state index contributed by atoms with van der Waals surface area (Å²) in [6.45, 7) is 4.03. The van der Waals surface area contributed by atoms with Crippen LogP contribution in [0.5, 0.6) is 23.5 Å². The van der Waals surface area contributed by atoms with Gasteiger partial charge in [-0.25, -0.2) is 9.78 Å². The molecule has 0 aliphatic carbocycles. The number of pyridine rings is 1. The molecule has 162 valence electrons. The highest BCUT2D eigenvalue weighted by atomic mass is 16.5. The molecule has 2 aromatic heterocycles. The number of methoxy groups -OCH3 is 2. The number of nitrogens with zero attached hydrogens (tertiary/aromatic N) is 3. The Morgan fingerprint density at radius 1 is 1.03 bits per heavy atom. The van der Waals surface area contributed by atoms with Gasteiger partial charge in [-0.3, -0.25) is 0 Å². The van der Waals surface area contributed by atoms with Gasteiger partial charge in [0.1, 0.15) is 11.6 Å². The number of ether oxygens (including phenoxy) is 4. The summed E-state index contributed by atoms with van der Waals surface area (Å²) >= 11 is 0. The molecule has 0 fully saturated rings. The van der Waals surface area contributed by atoms with Gasteiger partial charge in [0.15, 0.2) is 0 Å². The predicted molar refractivity (Wildman–Crippen MR) is 114 cm³/mol. The molecule has 0 atom stereocenters. The number of aromatic nitrogens is 3. The lowest BCUT2D eigenvalue weighted by atomic mass is 10.2. The number of hydrogen-bond acceptors (Lipinski definition) is 9. The van der Waals surface area contributed by atoms with Crippen molar-refractivity contribution in [3.05, 3.63) is 59.8 Å². The Balaban J connectivity index is 1.69. The van der Waals surface area contributed by atoms with Crippen molar-refractivity contribution in [1.29, 1.82) is 0 Å². The minimum absolute atomic E-state index is 0.106. The van der Waals surface area contributed by atoms with Crippen LogP contribution < -0.4 is 19.5 Å². The summed E-state index contributed by atoms with van der Waals surface area (Å²) in [4.78, 5) is 24.6. The highest BCUT2D eigenvalue weighted by Gasteiger charge is 2.12. The van der Waals surface area contributed by atoms with Gasteiger partial charge < -0.3 is 24.3 Å². The van der Waals surface area contributed by atoms with E-state index in [1.54, 1.807) is 32.0 Å². The van der Waals surface area contributed by atoms with Gasteiger partial charge in [-0.1, -0.05) is 18.2 Å². The van der Waals surface area contributed by atoms with E-state index in [2.05, 4.69) is 20.3 Å². The molecule has 3 rings (SSSR count). The van der Waals surface area contributed by atoms with Crippen molar-refractivity contribution in [1.82, 2.24) is 15.0 Å². The van der Waals surface area contributed by atoms with Crippen LogP contribution in [0.2, 0.25) is 0 Å². The number of esters is 1. The Kier molecular flexibility index (Phi) is 7.21. The van der Waals surface area contributed by atoms with E-state index in [0.29, 0.717) is 35.4 Å². The molecular weight excluding hydrogens is 400 g/mol. The molecule has 0 spiro atoms. The third-order valence-corrected chi connectivity index (χ3v) is 4.05. The fourth-order valence-corrected chi connectivity index (χ4v) is 2.57. The predicted octanol–water partition coefficient (Wildman–Crippen LogP) is 3.86. The van der Waals surface area contributed by atoms with Gasteiger partial charge in [0, 0.05) is 18.3 Å². The van der Waals surface area contributed by atoms with E-state index in [0.717, 1.165) is 5.56 Å². The maximum atomic E-state index is 11.9. The van der Waals surface area contributed by atoms with Crippen molar-refractivity contribution in [2.75, 3.05) is 19.5 Å². The van der Waals surface area contributed by atoms with E-state index in [4.69, 9.17) is 18.9 Å². The van der Waals surface area contributed by atoms with Crippen LogP contribution in [0.1, 0.15) is 29.8 Å². The normalized spacial score (nSPS) is 10.5. The Morgan fingerprint density at radius 3 is 2.35 bits per heavy atom. The van der Waals surface area contributed by atoms with E-state index in [1.807, 2.05) is 24.3 Å². The fraction of sp³-hybridized carbons (Fsp3) is 0.273. The second kappa shape index (κ2) is 10.2. The molecule has 9 heteroatoms. The summed E-state index contributed by atoms with van der Waals surface area (Å²) in [5.41, 5.74) is 1.25. The van der Waals surface area contributed by atoms with Crippen LogP contribution in [0.4, 0.5) is 5.82 Å². The lowest BCUT2D eigenvalue weighted by Gasteiger charge is -2.12. The summed E-state index contributed by atoms with van der Waals surface area (Å²) < 4.78 is 21.3. The standard InChI is InChI=1S/C22H24N4O5/c1-14(2)30-21(27)16-9-10-18(24-13-16)23-12-15-7-5-6-8-17(15)31-22-25-19(28-3)11-20(26-22)29-4/h5-11,13-14H,12H2,1-4H3,(H,23,24). The smallest absolute Gasteiger partial charge is 0.339 e. The van der Waals surface area contributed by atoms with Crippen LogP contribution >= 0.6 is 0 Å². The quantitative estimate of drug-likeness (QED) is 0.513. The number of rotatable bonds is 9. The Bertz CT molecular complexity index is 1000. The summed E-state index contributed by atoms with van der Waals surface area (Å²) in [5.74, 6) is 1.44. The third kappa shape index (κ3) is 6.05. The maximum Gasteiger partial charge on any atom is 0.339 e. The van der Waals surface area contributed by atoms with Crippen molar-refractivity contribution in [3.8, 4) is 23.5 Å². The number of anilines is 1. The molecule has 0 aliphatic heterocycles. The Hall–Kier alpha value is -3.88. The Labute approximate surface area is 180 Å². The van der Waals surface area contributed by atoms with Crippen LogP contribution in [0.25, 0.3) is 0 Å². The van der Waals surface area contributed by atoms with E-state index in [1.165, 1.54) is 20.4 Å². The first-order valence-corrected chi connectivity index (χ1v) is 9.62. The number of benzene rings is 1. The molecule has 0 aliphatic rings. The number of carbonyl (C=O) groups is 1. The number of hydrogen-bond donors (Lipinski definition) is 1. The van der Waals surface area contributed by atoms with Crippen LogP contribution in [0.15, 0.2) is 48.7 Å². The van der Waals surface area contributed by atoms with E-state index >= 15 is 0 Å². The van der Waals surface area contributed by atoms with Crippen LogP contribution in [-0.4, -0.2) is 41.2 Å². The zero-order chi connectivity index (χ0) is 22.2. The zero-order valence-electron chi connectivity index (χ0n) is 17.8. The first-order chi connectivity index (χ1) is 15.0. The Morgan fingerprint density at radius 2 is 1.74 bits per heavy atom. The highest BCUT2D eigenvalue weighted by Crippen LogP contribution is 2.27. The second-order valence-corrected chi connectivity index (χ2v) is 6.68. The molecule has 2 heterocycles. The number of carbonyl (C=O) groups excluding carboxylic acids is 1. The molecule has 0 radical (unpaired) electrons.